The lowest BCUT2D eigenvalue weighted by Crippen LogP contribution is -2.55. The minimum absolute atomic E-state index is 0.0344. The molecule has 4 unspecified atom stereocenters. The second kappa shape index (κ2) is 10.7. The van der Waals surface area contributed by atoms with E-state index >= 15 is 0 Å². The number of amides is 2. The molecule has 0 aliphatic rings. The zero-order chi connectivity index (χ0) is 23.2. The Balaban J connectivity index is 2.19. The van der Waals surface area contributed by atoms with E-state index in [2.05, 4.69) is 20.3 Å². The fourth-order valence-electron chi connectivity index (χ4n) is 2.89. The highest BCUT2D eigenvalue weighted by molar-refractivity contribution is 7.92. The standard InChI is InChI=1S/C19H26N4O6S2/c1-11(20-12(2)24)16(25)17(26)14(9-13-7-5-4-6-8-13)21-18(27)15-10-30-19(22-15)23-31(3,28)29/h4-8,10-11,14,16-17,25-26H,9H2,1-3H3,(H,20,24)(H,21,27)(H,22,23). The van der Waals surface area contributed by atoms with Gasteiger partial charge in [0.15, 0.2) is 5.13 Å². The Hall–Kier alpha value is -2.54. The van der Waals surface area contributed by atoms with Crippen molar-refractivity contribution in [2.24, 2.45) is 0 Å². The van der Waals surface area contributed by atoms with Crippen LogP contribution < -0.4 is 15.4 Å². The molecule has 1 heterocycles. The highest BCUT2D eigenvalue weighted by Gasteiger charge is 2.32. The number of nitrogens with zero attached hydrogens (tertiary/aromatic N) is 1. The Morgan fingerprint density at radius 2 is 1.77 bits per heavy atom. The van der Waals surface area contributed by atoms with Gasteiger partial charge in [-0.1, -0.05) is 30.3 Å². The number of anilines is 1. The molecule has 10 nitrogen and oxygen atoms in total. The average Bonchev–Trinajstić information content (AvgIpc) is 3.13. The van der Waals surface area contributed by atoms with Crippen LogP contribution in [-0.4, -0.2) is 66.0 Å². The summed E-state index contributed by atoms with van der Waals surface area (Å²) in [5, 5.41) is 27.8. The third kappa shape index (κ3) is 7.90. The van der Waals surface area contributed by atoms with Gasteiger partial charge >= 0.3 is 0 Å². The molecular weight excluding hydrogens is 444 g/mol. The number of carbonyl (C=O) groups excluding carboxylic acids is 2. The fourth-order valence-corrected chi connectivity index (χ4v) is 4.43. The van der Waals surface area contributed by atoms with E-state index in [4.69, 9.17) is 0 Å². The highest BCUT2D eigenvalue weighted by atomic mass is 32.2. The van der Waals surface area contributed by atoms with Gasteiger partial charge in [-0.2, -0.15) is 0 Å². The molecule has 2 amide bonds. The molecule has 0 bridgehead atoms. The van der Waals surface area contributed by atoms with Gasteiger partial charge in [0.2, 0.25) is 15.9 Å². The van der Waals surface area contributed by atoms with Gasteiger partial charge in [-0.25, -0.2) is 13.4 Å². The Kier molecular flexibility index (Phi) is 8.51. The molecule has 170 valence electrons. The topological polar surface area (TPSA) is 158 Å². The number of benzene rings is 1. The molecule has 0 spiro atoms. The van der Waals surface area contributed by atoms with Crippen LogP contribution in [0.2, 0.25) is 0 Å². The number of aromatic nitrogens is 1. The molecule has 0 saturated heterocycles. The van der Waals surface area contributed by atoms with Crippen LogP contribution >= 0.6 is 11.3 Å². The van der Waals surface area contributed by atoms with E-state index in [0.29, 0.717) is 0 Å². The highest BCUT2D eigenvalue weighted by Crippen LogP contribution is 2.18. The summed E-state index contributed by atoms with van der Waals surface area (Å²) in [6, 6.07) is 7.40. The minimum Gasteiger partial charge on any atom is -0.388 e. The molecule has 0 aliphatic heterocycles. The predicted molar refractivity (Wildman–Crippen MR) is 117 cm³/mol. The average molecular weight is 471 g/mol. The van der Waals surface area contributed by atoms with Gasteiger partial charge < -0.3 is 20.8 Å². The van der Waals surface area contributed by atoms with Gasteiger partial charge in [0.1, 0.15) is 17.9 Å². The van der Waals surface area contributed by atoms with E-state index in [1.165, 1.54) is 12.3 Å². The van der Waals surface area contributed by atoms with Crippen LogP contribution in [-0.2, 0) is 21.2 Å². The summed E-state index contributed by atoms with van der Waals surface area (Å²) >= 11 is 0.941. The summed E-state index contributed by atoms with van der Waals surface area (Å²) in [5.74, 6) is -1.01. The maximum Gasteiger partial charge on any atom is 0.271 e. The number of sulfonamides is 1. The minimum atomic E-state index is -3.54. The lowest BCUT2D eigenvalue weighted by Gasteiger charge is -2.31. The normalized spacial score (nSPS) is 15.4. The first-order valence-corrected chi connectivity index (χ1v) is 12.1. The Labute approximate surface area is 184 Å². The molecule has 4 atom stereocenters. The van der Waals surface area contributed by atoms with E-state index in [0.717, 1.165) is 23.2 Å². The van der Waals surface area contributed by atoms with Crippen molar-refractivity contribution >= 4 is 38.3 Å². The van der Waals surface area contributed by atoms with Gasteiger partial charge in [0.25, 0.3) is 5.91 Å². The maximum atomic E-state index is 12.7. The van der Waals surface area contributed by atoms with Gasteiger partial charge in [-0.3, -0.25) is 14.3 Å². The molecule has 1 aromatic heterocycles. The number of aliphatic hydroxyl groups is 2. The zero-order valence-corrected chi connectivity index (χ0v) is 18.9. The maximum absolute atomic E-state index is 12.7. The molecule has 12 heteroatoms. The van der Waals surface area contributed by atoms with Crippen LogP contribution in [0.15, 0.2) is 35.7 Å². The second-order valence-corrected chi connectivity index (χ2v) is 9.76. The van der Waals surface area contributed by atoms with Crippen molar-refractivity contribution in [1.82, 2.24) is 15.6 Å². The van der Waals surface area contributed by atoms with Gasteiger partial charge in [0, 0.05) is 12.3 Å². The van der Waals surface area contributed by atoms with Gasteiger partial charge in [-0.05, 0) is 18.9 Å². The Bertz CT molecular complexity index is 996. The van der Waals surface area contributed by atoms with E-state index in [1.54, 1.807) is 19.1 Å². The number of hydrogen-bond donors (Lipinski definition) is 5. The monoisotopic (exact) mass is 470 g/mol. The quantitative estimate of drug-likeness (QED) is 0.329. The zero-order valence-electron chi connectivity index (χ0n) is 17.3. The van der Waals surface area contributed by atoms with Crippen molar-refractivity contribution in [2.75, 3.05) is 11.0 Å². The molecule has 0 saturated carbocycles. The largest absolute Gasteiger partial charge is 0.388 e. The van der Waals surface area contributed by atoms with Crippen molar-refractivity contribution in [3.8, 4) is 0 Å². The number of carbonyl (C=O) groups is 2. The van der Waals surface area contributed by atoms with Crippen molar-refractivity contribution in [3.63, 3.8) is 0 Å². The first-order chi connectivity index (χ1) is 14.5. The fraction of sp³-hybridized carbons (Fsp3) is 0.421. The molecule has 0 radical (unpaired) electrons. The summed E-state index contributed by atoms with van der Waals surface area (Å²) < 4.78 is 24.9. The van der Waals surface area contributed by atoms with Crippen molar-refractivity contribution < 1.29 is 28.2 Å². The van der Waals surface area contributed by atoms with Crippen LogP contribution in [0, 0.1) is 0 Å². The third-order valence-corrected chi connectivity index (χ3v) is 5.78. The van der Waals surface area contributed by atoms with Crippen LogP contribution in [0.5, 0.6) is 0 Å². The van der Waals surface area contributed by atoms with Crippen LogP contribution in [0.25, 0.3) is 0 Å². The number of thiazole rings is 1. The molecule has 1 aromatic carbocycles. The Morgan fingerprint density at radius 3 is 2.35 bits per heavy atom. The summed E-state index contributed by atoms with van der Waals surface area (Å²) in [4.78, 5) is 27.9. The number of hydrogen-bond acceptors (Lipinski definition) is 8. The number of aliphatic hydroxyl groups excluding tert-OH is 2. The number of rotatable bonds is 10. The van der Waals surface area contributed by atoms with Crippen molar-refractivity contribution in [1.29, 1.82) is 0 Å². The van der Waals surface area contributed by atoms with E-state index < -0.39 is 40.2 Å². The van der Waals surface area contributed by atoms with Gasteiger partial charge in [-0.15, -0.1) is 11.3 Å². The van der Waals surface area contributed by atoms with Crippen LogP contribution in [0.4, 0.5) is 5.13 Å². The van der Waals surface area contributed by atoms with Gasteiger partial charge in [0.05, 0.1) is 18.3 Å². The molecule has 5 N–H and O–H groups in total. The smallest absolute Gasteiger partial charge is 0.271 e. The lowest BCUT2D eigenvalue weighted by molar-refractivity contribution is -0.121. The summed E-state index contributed by atoms with van der Waals surface area (Å²) in [6.45, 7) is 2.84. The lowest BCUT2D eigenvalue weighted by atomic mass is 9.94. The van der Waals surface area contributed by atoms with E-state index in [-0.39, 0.29) is 23.2 Å². The van der Waals surface area contributed by atoms with Crippen LogP contribution in [0.1, 0.15) is 29.9 Å². The third-order valence-electron chi connectivity index (χ3n) is 4.33. The Morgan fingerprint density at radius 1 is 1.13 bits per heavy atom. The molecule has 2 rings (SSSR count). The second-order valence-electron chi connectivity index (χ2n) is 7.15. The van der Waals surface area contributed by atoms with E-state index in [9.17, 15) is 28.2 Å². The molecule has 0 fully saturated rings. The van der Waals surface area contributed by atoms with Crippen molar-refractivity contribution in [3.05, 3.63) is 47.0 Å². The molecule has 2 aromatic rings. The summed E-state index contributed by atoms with van der Waals surface area (Å²) in [6.07, 6.45) is -1.58. The summed E-state index contributed by atoms with van der Waals surface area (Å²) in [7, 11) is -3.54. The first-order valence-electron chi connectivity index (χ1n) is 9.37. The molecule has 0 aliphatic carbocycles. The van der Waals surface area contributed by atoms with Crippen LogP contribution in [0.3, 0.4) is 0 Å². The summed E-state index contributed by atoms with van der Waals surface area (Å²) in [5.41, 5.74) is 0.773. The SMILES string of the molecule is CC(=O)NC(C)C(O)C(O)C(Cc1ccccc1)NC(=O)c1csc(NS(C)(=O)=O)n1. The molecular formula is C19H26N4O6S2. The number of nitrogens with one attached hydrogen (secondary N) is 3. The molecule has 31 heavy (non-hydrogen) atoms. The van der Waals surface area contributed by atoms with Crippen molar-refractivity contribution in [2.45, 2.75) is 44.6 Å². The first kappa shape index (κ1) is 24.7. The predicted octanol–water partition coefficient (Wildman–Crippen LogP) is 0.102. The van der Waals surface area contributed by atoms with E-state index in [1.807, 2.05) is 18.2 Å².